The third-order valence-electron chi connectivity index (χ3n) is 2.84. The third kappa shape index (κ3) is 3.55. The minimum atomic E-state index is -5.90. The van der Waals surface area contributed by atoms with Crippen LogP contribution in [0.4, 0.5) is 17.6 Å². The first-order chi connectivity index (χ1) is 10.7. The van der Waals surface area contributed by atoms with Crippen LogP contribution in [0.2, 0.25) is 0 Å². The van der Waals surface area contributed by atoms with Gasteiger partial charge in [-0.1, -0.05) is 18.2 Å². The molecule has 0 aliphatic heterocycles. The summed E-state index contributed by atoms with van der Waals surface area (Å²) in [6.07, 6.45) is 0. The molecule has 2 rings (SSSR count). The lowest BCUT2D eigenvalue weighted by atomic mass is 10.0. The fourth-order valence-electron chi connectivity index (χ4n) is 1.77. The number of halogens is 4. The number of ether oxygens (including phenoxy) is 1. The van der Waals surface area contributed by atoms with Gasteiger partial charge in [0.15, 0.2) is 5.75 Å². The van der Waals surface area contributed by atoms with Gasteiger partial charge >= 0.3 is 15.6 Å². The number of rotatable bonds is 4. The Morgan fingerprint density at radius 3 is 2.22 bits per heavy atom. The standard InChI is InChI=1S/C14H10F4O4S/c1-21-9-6-7-11(10-4-2-3-5-12(10)15)13(8-9)22-23(19,20)14(16,17)18/h2-8H,1H3. The largest absolute Gasteiger partial charge is 0.534 e. The van der Waals surface area contributed by atoms with Gasteiger partial charge in [0, 0.05) is 17.2 Å². The van der Waals surface area contributed by atoms with Crippen molar-refractivity contribution in [2.24, 2.45) is 0 Å². The Morgan fingerprint density at radius 1 is 1.00 bits per heavy atom. The van der Waals surface area contributed by atoms with Crippen molar-refractivity contribution in [3.05, 3.63) is 48.3 Å². The molecule has 23 heavy (non-hydrogen) atoms. The lowest BCUT2D eigenvalue weighted by Crippen LogP contribution is -2.28. The maximum absolute atomic E-state index is 13.8. The summed E-state index contributed by atoms with van der Waals surface area (Å²) in [5, 5.41) is 0. The van der Waals surface area contributed by atoms with E-state index in [-0.39, 0.29) is 16.9 Å². The van der Waals surface area contributed by atoms with Crippen LogP contribution in [0.3, 0.4) is 0 Å². The Bertz CT molecular complexity index is 816. The zero-order valence-corrected chi connectivity index (χ0v) is 12.4. The molecule has 9 heteroatoms. The van der Waals surface area contributed by atoms with Crippen LogP contribution >= 0.6 is 0 Å². The van der Waals surface area contributed by atoms with Gasteiger partial charge in [-0.3, -0.25) is 0 Å². The van der Waals surface area contributed by atoms with Crippen molar-refractivity contribution in [2.45, 2.75) is 5.51 Å². The van der Waals surface area contributed by atoms with Gasteiger partial charge in [0.25, 0.3) is 0 Å². The highest BCUT2D eigenvalue weighted by Gasteiger charge is 2.48. The Labute approximate surface area is 129 Å². The number of methoxy groups -OCH3 is 1. The molecule has 0 spiro atoms. The molecule has 124 valence electrons. The maximum atomic E-state index is 13.8. The zero-order valence-electron chi connectivity index (χ0n) is 11.6. The molecule has 0 fully saturated rings. The van der Waals surface area contributed by atoms with E-state index < -0.39 is 27.2 Å². The second-order valence-electron chi connectivity index (χ2n) is 4.33. The monoisotopic (exact) mass is 350 g/mol. The fourth-order valence-corrected chi connectivity index (χ4v) is 2.23. The predicted molar refractivity (Wildman–Crippen MR) is 74.0 cm³/mol. The van der Waals surface area contributed by atoms with Gasteiger partial charge < -0.3 is 8.92 Å². The van der Waals surface area contributed by atoms with E-state index >= 15 is 0 Å². The predicted octanol–water partition coefficient (Wildman–Crippen LogP) is 3.73. The van der Waals surface area contributed by atoms with Gasteiger partial charge in [0.1, 0.15) is 11.6 Å². The van der Waals surface area contributed by atoms with E-state index in [1.165, 1.54) is 37.4 Å². The third-order valence-corrected chi connectivity index (χ3v) is 3.80. The van der Waals surface area contributed by atoms with Crippen molar-refractivity contribution in [3.63, 3.8) is 0 Å². The van der Waals surface area contributed by atoms with Crippen molar-refractivity contribution >= 4 is 10.1 Å². The zero-order chi connectivity index (χ0) is 17.3. The van der Waals surface area contributed by atoms with Gasteiger partial charge in [0.2, 0.25) is 0 Å². The number of benzene rings is 2. The van der Waals surface area contributed by atoms with E-state index in [2.05, 4.69) is 4.18 Å². The first kappa shape index (κ1) is 17.1. The van der Waals surface area contributed by atoms with E-state index in [1.807, 2.05) is 0 Å². The average Bonchev–Trinajstić information content (AvgIpc) is 2.46. The molecule has 0 aliphatic rings. The molecule has 0 radical (unpaired) electrons. The lowest BCUT2D eigenvalue weighted by Gasteiger charge is -2.14. The molecule has 4 nitrogen and oxygen atoms in total. The second-order valence-corrected chi connectivity index (χ2v) is 5.86. The highest BCUT2D eigenvalue weighted by Crippen LogP contribution is 2.37. The van der Waals surface area contributed by atoms with Gasteiger partial charge in [0.05, 0.1) is 7.11 Å². The summed E-state index contributed by atoms with van der Waals surface area (Å²) in [6.45, 7) is 0. The highest BCUT2D eigenvalue weighted by atomic mass is 32.2. The molecule has 0 atom stereocenters. The summed E-state index contributed by atoms with van der Waals surface area (Å²) >= 11 is 0. The van der Waals surface area contributed by atoms with E-state index in [9.17, 15) is 26.0 Å². The van der Waals surface area contributed by atoms with Crippen LogP contribution in [0.5, 0.6) is 11.5 Å². The summed E-state index contributed by atoms with van der Waals surface area (Å²) in [5.41, 5.74) is -5.87. The topological polar surface area (TPSA) is 52.6 Å². The molecule has 0 amide bonds. The Hall–Kier alpha value is -2.29. The van der Waals surface area contributed by atoms with Crippen molar-refractivity contribution in [3.8, 4) is 22.6 Å². The molecule has 0 aliphatic carbocycles. The molecular formula is C14H10F4O4S. The fraction of sp³-hybridized carbons (Fsp3) is 0.143. The Morgan fingerprint density at radius 2 is 1.65 bits per heavy atom. The SMILES string of the molecule is COc1ccc(-c2ccccc2F)c(OS(=O)(=O)C(F)(F)F)c1. The second kappa shape index (κ2) is 6.07. The van der Waals surface area contributed by atoms with Crippen molar-refractivity contribution in [2.75, 3.05) is 7.11 Å². The first-order valence-electron chi connectivity index (χ1n) is 6.09. The van der Waals surface area contributed by atoms with Crippen LogP contribution in [-0.4, -0.2) is 21.0 Å². The Balaban J connectivity index is 2.60. The van der Waals surface area contributed by atoms with Crippen LogP contribution < -0.4 is 8.92 Å². The number of alkyl halides is 3. The summed E-state index contributed by atoms with van der Waals surface area (Å²) in [4.78, 5) is 0. The van der Waals surface area contributed by atoms with E-state index in [1.54, 1.807) is 0 Å². The molecule has 0 heterocycles. The quantitative estimate of drug-likeness (QED) is 0.479. The Kier molecular flexibility index (Phi) is 4.51. The lowest BCUT2D eigenvalue weighted by molar-refractivity contribution is -0.0499. The molecule has 2 aromatic rings. The number of hydrogen-bond acceptors (Lipinski definition) is 4. The van der Waals surface area contributed by atoms with Gasteiger partial charge in [-0.2, -0.15) is 21.6 Å². The van der Waals surface area contributed by atoms with Crippen LogP contribution in [0.15, 0.2) is 42.5 Å². The maximum Gasteiger partial charge on any atom is 0.534 e. The van der Waals surface area contributed by atoms with E-state index in [4.69, 9.17) is 4.74 Å². The van der Waals surface area contributed by atoms with Crippen LogP contribution in [0.1, 0.15) is 0 Å². The molecule has 0 aromatic heterocycles. The normalized spacial score (nSPS) is 12.0. The molecule has 0 bridgehead atoms. The van der Waals surface area contributed by atoms with Gasteiger partial charge in [-0.15, -0.1) is 0 Å². The number of hydrogen-bond donors (Lipinski definition) is 0. The minimum Gasteiger partial charge on any atom is -0.497 e. The molecule has 0 saturated heterocycles. The summed E-state index contributed by atoms with van der Waals surface area (Å²) in [5.74, 6) is -1.38. The molecule has 0 unspecified atom stereocenters. The van der Waals surface area contributed by atoms with Crippen LogP contribution in [0, 0.1) is 5.82 Å². The minimum absolute atomic E-state index is 0.0532. The van der Waals surface area contributed by atoms with Crippen molar-refractivity contribution in [1.82, 2.24) is 0 Å². The van der Waals surface area contributed by atoms with Crippen molar-refractivity contribution in [1.29, 1.82) is 0 Å². The average molecular weight is 350 g/mol. The molecule has 2 aromatic carbocycles. The molecule has 0 saturated carbocycles. The highest BCUT2D eigenvalue weighted by molar-refractivity contribution is 7.88. The van der Waals surface area contributed by atoms with Crippen molar-refractivity contribution < 1.29 is 34.9 Å². The van der Waals surface area contributed by atoms with E-state index in [0.29, 0.717) is 0 Å². The van der Waals surface area contributed by atoms with Gasteiger partial charge in [-0.05, 0) is 18.2 Å². The van der Waals surface area contributed by atoms with Crippen LogP contribution in [-0.2, 0) is 10.1 Å². The van der Waals surface area contributed by atoms with E-state index in [0.717, 1.165) is 12.1 Å². The molecular weight excluding hydrogens is 340 g/mol. The first-order valence-corrected chi connectivity index (χ1v) is 7.50. The summed E-state index contributed by atoms with van der Waals surface area (Å²) in [7, 11) is -4.66. The summed E-state index contributed by atoms with van der Waals surface area (Å²) in [6, 6.07) is 8.68. The van der Waals surface area contributed by atoms with Gasteiger partial charge in [-0.25, -0.2) is 4.39 Å². The van der Waals surface area contributed by atoms with Crippen LogP contribution in [0.25, 0.3) is 11.1 Å². The summed E-state index contributed by atoms with van der Waals surface area (Å²) < 4.78 is 82.7. The smallest absolute Gasteiger partial charge is 0.497 e. The molecule has 0 N–H and O–H groups in total.